The minimum absolute atomic E-state index is 0.189. The van der Waals surface area contributed by atoms with Crippen LogP contribution >= 0.6 is 19.2 Å². The molecule has 172 valence electrons. The summed E-state index contributed by atoms with van der Waals surface area (Å²) < 4.78 is 15.5. The first-order chi connectivity index (χ1) is 14.2. The van der Waals surface area contributed by atoms with Crippen LogP contribution in [0.25, 0.3) is 0 Å². The van der Waals surface area contributed by atoms with Crippen LogP contribution in [0.3, 0.4) is 0 Å². The lowest BCUT2D eigenvalue weighted by Gasteiger charge is -2.27. The average Bonchev–Trinajstić information content (AvgIpc) is 3.20. The number of unbranched alkanes of at least 4 members (excludes halogenated alkanes) is 2. The van der Waals surface area contributed by atoms with E-state index in [1.165, 1.54) is 56.3 Å². The first kappa shape index (κ1) is 25.7. The van der Waals surface area contributed by atoms with Crippen LogP contribution in [0.4, 0.5) is 0 Å². The second kappa shape index (κ2) is 12.5. The summed E-state index contributed by atoms with van der Waals surface area (Å²) in [6, 6.07) is 3.85. The van der Waals surface area contributed by atoms with E-state index in [4.69, 9.17) is 15.5 Å². The number of phosphoric ester groups is 1. The molecule has 0 spiro atoms. The molecule has 1 fully saturated rings. The largest absolute Gasteiger partial charge is 0.469 e. The summed E-state index contributed by atoms with van der Waals surface area (Å²) >= 11 is 1.50. The van der Waals surface area contributed by atoms with Crippen LogP contribution in [0.1, 0.15) is 98.5 Å². The Hall–Kier alpha value is -0.560. The normalized spacial score (nSPS) is 17.7. The van der Waals surface area contributed by atoms with E-state index in [-0.39, 0.29) is 12.4 Å². The van der Waals surface area contributed by atoms with Gasteiger partial charge in [0.05, 0.1) is 11.5 Å². The molecule has 0 radical (unpaired) electrons. The molecule has 1 aliphatic carbocycles. The number of nitrogens with two attached hydrogens (primary N) is 1. The van der Waals surface area contributed by atoms with Gasteiger partial charge in [0.1, 0.15) is 0 Å². The summed E-state index contributed by atoms with van der Waals surface area (Å²) in [5, 5.41) is 0. The summed E-state index contributed by atoms with van der Waals surface area (Å²) in [7, 11) is -4.53. The van der Waals surface area contributed by atoms with Gasteiger partial charge in [-0.3, -0.25) is 9.32 Å². The molecule has 1 atom stereocenters. The Morgan fingerprint density at radius 1 is 1.23 bits per heavy atom. The van der Waals surface area contributed by atoms with Gasteiger partial charge in [-0.25, -0.2) is 4.57 Å². The standard InChI is InChI=1S/C22H38NO5PS/c1-2-22(23,17-28-29(25,26)27)16-15-19-13-14-21(30-19)20(24)12-8-4-7-11-18-9-5-3-6-10-18/h13-14,18H,2-12,15-17,23H2,1H3,(H2,25,26,27). The molecule has 1 aromatic heterocycles. The second-order valence-corrected chi connectivity index (χ2v) is 11.2. The van der Waals surface area contributed by atoms with E-state index in [1.807, 2.05) is 19.1 Å². The van der Waals surface area contributed by atoms with Crippen molar-refractivity contribution in [2.45, 2.75) is 95.9 Å². The number of aryl methyl sites for hydroxylation is 1. The van der Waals surface area contributed by atoms with Crippen molar-refractivity contribution in [2.75, 3.05) is 6.61 Å². The maximum atomic E-state index is 12.5. The molecule has 4 N–H and O–H groups in total. The van der Waals surface area contributed by atoms with E-state index in [1.54, 1.807) is 0 Å². The fourth-order valence-electron chi connectivity index (χ4n) is 4.09. The van der Waals surface area contributed by atoms with Crippen molar-refractivity contribution >= 4 is 24.9 Å². The monoisotopic (exact) mass is 459 g/mol. The van der Waals surface area contributed by atoms with Gasteiger partial charge in [-0.1, -0.05) is 58.3 Å². The topological polar surface area (TPSA) is 110 Å². The highest BCUT2D eigenvalue weighted by Crippen LogP contribution is 2.37. The zero-order valence-corrected chi connectivity index (χ0v) is 19.9. The predicted octanol–water partition coefficient (Wildman–Crippen LogP) is 5.61. The van der Waals surface area contributed by atoms with Gasteiger partial charge in [-0.15, -0.1) is 11.3 Å². The molecular weight excluding hydrogens is 421 g/mol. The van der Waals surface area contributed by atoms with E-state index in [9.17, 15) is 9.36 Å². The summed E-state index contributed by atoms with van der Waals surface area (Å²) in [4.78, 5) is 32.1. The number of carbonyl (C=O) groups is 1. The van der Waals surface area contributed by atoms with E-state index in [0.717, 1.165) is 28.5 Å². The van der Waals surface area contributed by atoms with Gasteiger partial charge in [-0.05, 0) is 43.7 Å². The quantitative estimate of drug-likeness (QED) is 0.189. The fraction of sp³-hybridized carbons (Fsp3) is 0.773. The lowest BCUT2D eigenvalue weighted by atomic mass is 9.85. The number of carbonyl (C=O) groups excluding carboxylic acids is 1. The SMILES string of the molecule is CCC(N)(CCc1ccc(C(=O)CCCCCC2CCCCC2)s1)COP(=O)(O)O. The summed E-state index contributed by atoms with van der Waals surface area (Å²) in [6.07, 6.45) is 14.0. The lowest BCUT2D eigenvalue weighted by Crippen LogP contribution is -2.44. The van der Waals surface area contributed by atoms with E-state index < -0.39 is 13.4 Å². The molecule has 0 aliphatic heterocycles. The van der Waals surface area contributed by atoms with Crippen LogP contribution < -0.4 is 5.73 Å². The van der Waals surface area contributed by atoms with E-state index >= 15 is 0 Å². The Morgan fingerprint density at radius 3 is 2.63 bits per heavy atom. The highest BCUT2D eigenvalue weighted by atomic mass is 32.1. The summed E-state index contributed by atoms with van der Waals surface area (Å²) in [5.41, 5.74) is 5.44. The van der Waals surface area contributed by atoms with Crippen molar-refractivity contribution in [3.8, 4) is 0 Å². The molecule has 1 aliphatic rings. The van der Waals surface area contributed by atoms with Crippen molar-refractivity contribution < 1.29 is 23.7 Å². The Bertz CT molecular complexity index is 697. The Labute approximate surface area is 184 Å². The maximum absolute atomic E-state index is 12.5. The Kier molecular flexibility index (Phi) is 10.7. The summed E-state index contributed by atoms with van der Waals surface area (Å²) in [6.45, 7) is 1.69. The van der Waals surface area contributed by atoms with Crippen molar-refractivity contribution in [1.29, 1.82) is 0 Å². The molecule has 0 bridgehead atoms. The molecule has 1 aromatic rings. The van der Waals surface area contributed by atoms with Gasteiger partial charge in [-0.2, -0.15) is 0 Å². The van der Waals surface area contributed by atoms with Crippen LogP contribution in [-0.4, -0.2) is 27.7 Å². The van der Waals surface area contributed by atoms with Crippen LogP contribution in [0, 0.1) is 5.92 Å². The molecular formula is C22H38NO5PS. The van der Waals surface area contributed by atoms with Crippen molar-refractivity contribution in [1.82, 2.24) is 0 Å². The second-order valence-electron chi connectivity index (χ2n) is 8.77. The lowest BCUT2D eigenvalue weighted by molar-refractivity contribution is 0.0982. The number of Topliss-reactive ketones (excluding diaryl/α,β-unsaturated/α-hetero) is 1. The first-order valence-corrected chi connectivity index (χ1v) is 13.7. The number of hydrogen-bond donors (Lipinski definition) is 3. The third-order valence-corrected chi connectivity index (χ3v) is 7.92. The zero-order valence-electron chi connectivity index (χ0n) is 18.2. The van der Waals surface area contributed by atoms with Crippen molar-refractivity contribution in [2.24, 2.45) is 11.7 Å². The van der Waals surface area contributed by atoms with Gasteiger partial charge < -0.3 is 15.5 Å². The summed E-state index contributed by atoms with van der Waals surface area (Å²) in [5.74, 6) is 1.13. The predicted molar refractivity (Wildman–Crippen MR) is 122 cm³/mol. The molecule has 2 rings (SSSR count). The highest BCUT2D eigenvalue weighted by molar-refractivity contribution is 7.46. The molecule has 1 saturated carbocycles. The molecule has 0 amide bonds. The molecule has 8 heteroatoms. The molecule has 0 saturated heterocycles. The Morgan fingerprint density at radius 2 is 1.97 bits per heavy atom. The molecule has 0 aromatic carbocycles. The third-order valence-electron chi connectivity index (χ3n) is 6.27. The van der Waals surface area contributed by atoms with Crippen molar-refractivity contribution in [3.05, 3.63) is 21.9 Å². The molecule has 1 unspecified atom stereocenters. The van der Waals surface area contributed by atoms with Gasteiger partial charge in [0.2, 0.25) is 0 Å². The van der Waals surface area contributed by atoms with E-state index in [0.29, 0.717) is 25.7 Å². The third kappa shape index (κ3) is 9.71. The molecule has 6 nitrogen and oxygen atoms in total. The molecule has 1 heterocycles. The Balaban J connectivity index is 1.68. The fourth-order valence-corrected chi connectivity index (χ4v) is 5.49. The van der Waals surface area contributed by atoms with Crippen LogP contribution in [0.15, 0.2) is 12.1 Å². The van der Waals surface area contributed by atoms with Crippen LogP contribution in [0.5, 0.6) is 0 Å². The molecule has 30 heavy (non-hydrogen) atoms. The highest BCUT2D eigenvalue weighted by Gasteiger charge is 2.27. The minimum atomic E-state index is -4.53. The number of hydrogen-bond acceptors (Lipinski definition) is 5. The van der Waals surface area contributed by atoms with Gasteiger partial charge in [0.15, 0.2) is 5.78 Å². The minimum Gasteiger partial charge on any atom is -0.323 e. The number of rotatable bonds is 14. The van der Waals surface area contributed by atoms with Gasteiger partial charge in [0, 0.05) is 16.8 Å². The number of ketones is 1. The van der Waals surface area contributed by atoms with Gasteiger partial charge >= 0.3 is 7.82 Å². The average molecular weight is 460 g/mol. The van der Waals surface area contributed by atoms with Crippen molar-refractivity contribution in [3.63, 3.8) is 0 Å². The smallest absolute Gasteiger partial charge is 0.323 e. The van der Waals surface area contributed by atoms with Crippen LogP contribution in [-0.2, 0) is 15.5 Å². The number of phosphoric acid groups is 1. The first-order valence-electron chi connectivity index (χ1n) is 11.3. The number of thiophene rings is 1. The van der Waals surface area contributed by atoms with E-state index in [2.05, 4.69) is 4.52 Å². The zero-order chi connectivity index (χ0) is 22.0. The maximum Gasteiger partial charge on any atom is 0.469 e. The van der Waals surface area contributed by atoms with Crippen LogP contribution in [0.2, 0.25) is 0 Å². The van der Waals surface area contributed by atoms with Gasteiger partial charge in [0.25, 0.3) is 0 Å².